The normalized spacial score (nSPS) is 10.0. The third-order valence-corrected chi connectivity index (χ3v) is 1.65. The standard InChI is InChI=1S/C7H8ClFN2O/c1-12-7-4(3-10)2-5(9)6(8)11-7/h2H,3,10H2,1H3. The van der Waals surface area contributed by atoms with Gasteiger partial charge >= 0.3 is 0 Å². The van der Waals surface area contributed by atoms with Gasteiger partial charge in [-0.1, -0.05) is 11.6 Å². The highest BCUT2D eigenvalue weighted by Crippen LogP contribution is 2.21. The zero-order valence-corrected chi connectivity index (χ0v) is 7.23. The van der Waals surface area contributed by atoms with Crippen LogP contribution in [0.4, 0.5) is 4.39 Å². The van der Waals surface area contributed by atoms with Crippen molar-refractivity contribution in [1.29, 1.82) is 0 Å². The molecule has 0 aliphatic heterocycles. The highest BCUT2D eigenvalue weighted by Gasteiger charge is 2.08. The molecule has 2 N–H and O–H groups in total. The molecule has 3 nitrogen and oxygen atoms in total. The van der Waals surface area contributed by atoms with Crippen molar-refractivity contribution >= 4 is 11.6 Å². The average Bonchev–Trinajstić information content (AvgIpc) is 2.09. The number of pyridine rings is 1. The van der Waals surface area contributed by atoms with Gasteiger partial charge in [-0.2, -0.15) is 4.98 Å². The first-order valence-corrected chi connectivity index (χ1v) is 3.65. The predicted molar refractivity (Wildman–Crippen MR) is 43.6 cm³/mol. The molecule has 1 heterocycles. The number of methoxy groups -OCH3 is 1. The zero-order chi connectivity index (χ0) is 9.14. The molecule has 0 fully saturated rings. The zero-order valence-electron chi connectivity index (χ0n) is 6.47. The van der Waals surface area contributed by atoms with Crippen LogP contribution >= 0.6 is 11.6 Å². The Labute approximate surface area is 74.3 Å². The Balaban J connectivity index is 3.19. The van der Waals surface area contributed by atoms with Gasteiger partial charge in [-0.25, -0.2) is 4.39 Å². The van der Waals surface area contributed by atoms with E-state index in [-0.39, 0.29) is 17.6 Å². The molecule has 1 aromatic rings. The summed E-state index contributed by atoms with van der Waals surface area (Å²) in [6.45, 7) is 0.171. The van der Waals surface area contributed by atoms with Gasteiger partial charge in [-0.15, -0.1) is 0 Å². The fourth-order valence-corrected chi connectivity index (χ4v) is 0.943. The summed E-state index contributed by atoms with van der Waals surface area (Å²) in [5, 5.41) is -0.205. The number of nitrogens with two attached hydrogens (primary N) is 1. The van der Waals surface area contributed by atoms with E-state index >= 15 is 0 Å². The maximum atomic E-state index is 12.8. The molecule has 0 saturated heterocycles. The number of rotatable bonds is 2. The Kier molecular flexibility index (Phi) is 2.83. The molecule has 0 aliphatic rings. The lowest BCUT2D eigenvalue weighted by Crippen LogP contribution is -2.03. The van der Waals surface area contributed by atoms with Crippen LogP contribution in [-0.2, 0) is 6.54 Å². The topological polar surface area (TPSA) is 48.1 Å². The Morgan fingerprint density at radius 2 is 2.42 bits per heavy atom. The van der Waals surface area contributed by atoms with E-state index in [2.05, 4.69) is 4.98 Å². The minimum atomic E-state index is -0.585. The van der Waals surface area contributed by atoms with Crippen LogP contribution in [0.2, 0.25) is 5.15 Å². The van der Waals surface area contributed by atoms with E-state index in [9.17, 15) is 4.39 Å². The van der Waals surface area contributed by atoms with Crippen LogP contribution in [-0.4, -0.2) is 12.1 Å². The van der Waals surface area contributed by atoms with Crippen molar-refractivity contribution in [3.8, 4) is 5.88 Å². The van der Waals surface area contributed by atoms with Crippen LogP contribution < -0.4 is 10.5 Å². The Morgan fingerprint density at radius 1 is 1.75 bits per heavy atom. The number of halogens is 2. The molecule has 0 amide bonds. The molecule has 0 spiro atoms. The van der Waals surface area contributed by atoms with Crippen molar-refractivity contribution < 1.29 is 9.13 Å². The van der Waals surface area contributed by atoms with Crippen LogP contribution in [0, 0.1) is 5.82 Å². The number of ether oxygens (including phenoxy) is 1. The summed E-state index contributed by atoms with van der Waals surface area (Å²) in [7, 11) is 1.43. The van der Waals surface area contributed by atoms with Gasteiger partial charge in [-0.05, 0) is 6.07 Å². The van der Waals surface area contributed by atoms with Gasteiger partial charge in [0.1, 0.15) is 0 Å². The molecular formula is C7H8ClFN2O. The van der Waals surface area contributed by atoms with E-state index in [0.717, 1.165) is 0 Å². The van der Waals surface area contributed by atoms with Crippen LogP contribution in [0.3, 0.4) is 0 Å². The molecule has 66 valence electrons. The minimum Gasteiger partial charge on any atom is -0.481 e. The molecule has 0 bridgehead atoms. The summed E-state index contributed by atoms with van der Waals surface area (Å²) in [4.78, 5) is 3.65. The number of nitrogens with zero attached hydrogens (tertiary/aromatic N) is 1. The lowest BCUT2D eigenvalue weighted by Gasteiger charge is -2.05. The Bertz CT molecular complexity index is 264. The van der Waals surface area contributed by atoms with Crippen molar-refractivity contribution in [1.82, 2.24) is 4.98 Å². The number of hydrogen-bond donors (Lipinski definition) is 1. The van der Waals surface area contributed by atoms with Gasteiger partial charge in [-0.3, -0.25) is 0 Å². The van der Waals surface area contributed by atoms with Crippen LogP contribution in [0.25, 0.3) is 0 Å². The fraction of sp³-hybridized carbons (Fsp3) is 0.286. The van der Waals surface area contributed by atoms with Gasteiger partial charge in [0.2, 0.25) is 5.88 Å². The van der Waals surface area contributed by atoms with Gasteiger partial charge in [0.15, 0.2) is 11.0 Å². The van der Waals surface area contributed by atoms with Gasteiger partial charge in [0.05, 0.1) is 7.11 Å². The average molecular weight is 191 g/mol. The SMILES string of the molecule is COc1nc(Cl)c(F)cc1CN. The smallest absolute Gasteiger partial charge is 0.219 e. The summed E-state index contributed by atoms with van der Waals surface area (Å²) in [5.41, 5.74) is 5.81. The highest BCUT2D eigenvalue weighted by atomic mass is 35.5. The van der Waals surface area contributed by atoms with Crippen LogP contribution in [0.15, 0.2) is 6.07 Å². The van der Waals surface area contributed by atoms with Crippen molar-refractivity contribution in [3.63, 3.8) is 0 Å². The number of aromatic nitrogens is 1. The summed E-state index contributed by atoms with van der Waals surface area (Å²) >= 11 is 5.41. The first kappa shape index (κ1) is 9.22. The van der Waals surface area contributed by atoms with Crippen LogP contribution in [0.5, 0.6) is 5.88 Å². The second kappa shape index (κ2) is 3.69. The molecule has 0 radical (unpaired) electrons. The summed E-state index contributed by atoms with van der Waals surface area (Å²) in [5.74, 6) is -0.318. The predicted octanol–water partition coefficient (Wildman–Crippen LogP) is 1.34. The summed E-state index contributed by atoms with van der Waals surface area (Å²) in [6.07, 6.45) is 0. The molecule has 12 heavy (non-hydrogen) atoms. The summed E-state index contributed by atoms with van der Waals surface area (Å²) < 4.78 is 17.6. The largest absolute Gasteiger partial charge is 0.481 e. The summed E-state index contributed by atoms with van der Waals surface area (Å²) in [6, 6.07) is 1.22. The van der Waals surface area contributed by atoms with Crippen molar-refractivity contribution in [2.24, 2.45) is 5.73 Å². The van der Waals surface area contributed by atoms with E-state index in [4.69, 9.17) is 22.1 Å². The monoisotopic (exact) mass is 190 g/mol. The van der Waals surface area contributed by atoms with E-state index in [1.54, 1.807) is 0 Å². The van der Waals surface area contributed by atoms with Gasteiger partial charge in [0.25, 0.3) is 0 Å². The molecule has 5 heteroatoms. The van der Waals surface area contributed by atoms with Crippen molar-refractivity contribution in [3.05, 3.63) is 22.6 Å². The molecule has 0 aliphatic carbocycles. The molecule has 0 atom stereocenters. The Morgan fingerprint density at radius 3 is 2.92 bits per heavy atom. The van der Waals surface area contributed by atoms with Crippen molar-refractivity contribution in [2.45, 2.75) is 6.54 Å². The van der Waals surface area contributed by atoms with E-state index < -0.39 is 5.82 Å². The molecular weight excluding hydrogens is 183 g/mol. The second-order valence-corrected chi connectivity index (χ2v) is 2.49. The molecule has 0 aromatic carbocycles. The third kappa shape index (κ3) is 1.65. The van der Waals surface area contributed by atoms with Crippen molar-refractivity contribution in [2.75, 3.05) is 7.11 Å². The van der Waals surface area contributed by atoms with E-state index in [1.807, 2.05) is 0 Å². The molecule has 1 rings (SSSR count). The third-order valence-electron chi connectivity index (χ3n) is 1.39. The Hall–Kier alpha value is -0.870. The lowest BCUT2D eigenvalue weighted by atomic mass is 10.3. The first-order chi connectivity index (χ1) is 5.69. The van der Waals surface area contributed by atoms with E-state index in [0.29, 0.717) is 5.56 Å². The first-order valence-electron chi connectivity index (χ1n) is 3.28. The fourth-order valence-electron chi connectivity index (χ4n) is 0.812. The quantitative estimate of drug-likeness (QED) is 0.716. The van der Waals surface area contributed by atoms with Gasteiger partial charge in [0, 0.05) is 12.1 Å². The maximum absolute atomic E-state index is 12.8. The van der Waals surface area contributed by atoms with Gasteiger partial charge < -0.3 is 10.5 Å². The highest BCUT2D eigenvalue weighted by molar-refractivity contribution is 6.29. The maximum Gasteiger partial charge on any atom is 0.219 e. The lowest BCUT2D eigenvalue weighted by molar-refractivity contribution is 0.390. The minimum absolute atomic E-state index is 0.171. The van der Waals surface area contributed by atoms with E-state index in [1.165, 1.54) is 13.2 Å². The number of hydrogen-bond acceptors (Lipinski definition) is 3. The molecule has 0 unspecified atom stereocenters. The molecule has 1 aromatic heterocycles. The molecule has 0 saturated carbocycles. The van der Waals surface area contributed by atoms with Crippen LogP contribution in [0.1, 0.15) is 5.56 Å². The second-order valence-electron chi connectivity index (χ2n) is 2.13.